The highest BCUT2D eigenvalue weighted by Crippen LogP contribution is 2.27. The van der Waals surface area contributed by atoms with Gasteiger partial charge in [0, 0.05) is 17.5 Å². The van der Waals surface area contributed by atoms with Crippen molar-refractivity contribution in [2.24, 2.45) is 0 Å². The normalized spacial score (nSPS) is 10.5. The molecule has 0 aliphatic carbocycles. The maximum Gasteiger partial charge on any atom is 0.271 e. The van der Waals surface area contributed by atoms with Crippen LogP contribution in [-0.2, 0) is 0 Å². The minimum atomic E-state index is -0.461. The standard InChI is InChI=1S/C9H4BrClN2O2/c10-7-3-5-1-2-6(13(14)15)4-8(5)12-9(7)11/h1-4H. The maximum atomic E-state index is 10.5. The largest absolute Gasteiger partial charge is 0.271 e. The van der Waals surface area contributed by atoms with E-state index in [1.54, 1.807) is 12.1 Å². The third-order valence-corrected chi connectivity index (χ3v) is 3.04. The molecule has 0 amide bonds. The Morgan fingerprint density at radius 1 is 1.40 bits per heavy atom. The lowest BCUT2D eigenvalue weighted by molar-refractivity contribution is -0.384. The van der Waals surface area contributed by atoms with Gasteiger partial charge in [-0.15, -0.1) is 0 Å². The SMILES string of the molecule is O=[N+]([O-])c1ccc2cc(Br)c(Cl)nc2c1. The van der Waals surface area contributed by atoms with E-state index in [2.05, 4.69) is 20.9 Å². The monoisotopic (exact) mass is 286 g/mol. The number of rotatable bonds is 1. The molecule has 0 radical (unpaired) electrons. The van der Waals surface area contributed by atoms with E-state index in [0.29, 0.717) is 15.1 Å². The van der Waals surface area contributed by atoms with E-state index >= 15 is 0 Å². The van der Waals surface area contributed by atoms with E-state index in [4.69, 9.17) is 11.6 Å². The Labute approximate surface area is 98.2 Å². The molecule has 0 saturated heterocycles. The number of hydrogen-bond acceptors (Lipinski definition) is 3. The number of fused-ring (bicyclic) bond motifs is 1. The summed E-state index contributed by atoms with van der Waals surface area (Å²) < 4.78 is 0.672. The van der Waals surface area contributed by atoms with Gasteiger partial charge in [-0.05, 0) is 28.1 Å². The predicted octanol–water partition coefficient (Wildman–Crippen LogP) is 3.56. The van der Waals surface area contributed by atoms with Gasteiger partial charge in [0.25, 0.3) is 5.69 Å². The molecule has 0 atom stereocenters. The van der Waals surface area contributed by atoms with Gasteiger partial charge in [-0.1, -0.05) is 11.6 Å². The van der Waals surface area contributed by atoms with Crippen molar-refractivity contribution < 1.29 is 4.92 Å². The molecule has 0 aliphatic heterocycles. The van der Waals surface area contributed by atoms with Crippen LogP contribution in [0.5, 0.6) is 0 Å². The summed E-state index contributed by atoms with van der Waals surface area (Å²) in [6.45, 7) is 0. The van der Waals surface area contributed by atoms with Gasteiger partial charge in [0.2, 0.25) is 0 Å². The summed E-state index contributed by atoms with van der Waals surface area (Å²) in [5.41, 5.74) is 0.519. The smallest absolute Gasteiger partial charge is 0.258 e. The van der Waals surface area contributed by atoms with Crippen LogP contribution < -0.4 is 0 Å². The topological polar surface area (TPSA) is 56.0 Å². The van der Waals surface area contributed by atoms with E-state index in [-0.39, 0.29) is 5.69 Å². The van der Waals surface area contributed by atoms with Crippen molar-refractivity contribution in [3.63, 3.8) is 0 Å². The van der Waals surface area contributed by atoms with Crippen LogP contribution in [0.15, 0.2) is 28.7 Å². The van der Waals surface area contributed by atoms with Gasteiger partial charge in [0.05, 0.1) is 14.9 Å². The first kappa shape index (κ1) is 10.3. The number of nitro benzene ring substituents is 1. The quantitative estimate of drug-likeness (QED) is 0.458. The van der Waals surface area contributed by atoms with Crippen LogP contribution in [0, 0.1) is 10.1 Å². The van der Waals surface area contributed by atoms with Crippen molar-refractivity contribution in [1.29, 1.82) is 0 Å². The predicted molar refractivity (Wildman–Crippen MR) is 61.1 cm³/mol. The zero-order chi connectivity index (χ0) is 11.0. The second-order valence-electron chi connectivity index (χ2n) is 2.90. The molecule has 1 aromatic heterocycles. The molecule has 1 aromatic carbocycles. The Morgan fingerprint density at radius 3 is 2.80 bits per heavy atom. The third kappa shape index (κ3) is 1.93. The summed E-state index contributed by atoms with van der Waals surface area (Å²) in [5.74, 6) is 0. The van der Waals surface area contributed by atoms with Crippen LogP contribution in [-0.4, -0.2) is 9.91 Å². The lowest BCUT2D eigenvalue weighted by Crippen LogP contribution is -1.89. The Kier molecular flexibility index (Phi) is 2.58. The summed E-state index contributed by atoms with van der Waals surface area (Å²) in [7, 11) is 0. The molecule has 6 heteroatoms. The first-order valence-electron chi connectivity index (χ1n) is 3.98. The minimum Gasteiger partial charge on any atom is -0.258 e. The number of benzene rings is 1. The fraction of sp³-hybridized carbons (Fsp3) is 0. The fourth-order valence-electron chi connectivity index (χ4n) is 1.22. The molecule has 0 saturated carbocycles. The van der Waals surface area contributed by atoms with Crippen LogP contribution in [0.2, 0.25) is 5.15 Å². The number of nitro groups is 1. The van der Waals surface area contributed by atoms with E-state index in [9.17, 15) is 10.1 Å². The molecule has 0 aliphatic rings. The highest BCUT2D eigenvalue weighted by molar-refractivity contribution is 9.10. The highest BCUT2D eigenvalue weighted by atomic mass is 79.9. The maximum absolute atomic E-state index is 10.5. The fourth-order valence-corrected chi connectivity index (χ4v) is 1.70. The van der Waals surface area contributed by atoms with Crippen LogP contribution in [0.25, 0.3) is 10.9 Å². The molecule has 2 aromatic rings. The van der Waals surface area contributed by atoms with E-state index < -0.39 is 4.92 Å². The zero-order valence-corrected chi connectivity index (χ0v) is 9.62. The van der Waals surface area contributed by atoms with Gasteiger partial charge in [-0.3, -0.25) is 10.1 Å². The molecule has 1 heterocycles. The van der Waals surface area contributed by atoms with Crippen molar-refractivity contribution in [3.05, 3.63) is 44.0 Å². The molecule has 15 heavy (non-hydrogen) atoms. The molecule has 0 unspecified atom stereocenters. The Morgan fingerprint density at radius 2 is 2.13 bits per heavy atom. The molecular formula is C9H4BrClN2O2. The second-order valence-corrected chi connectivity index (χ2v) is 4.11. The van der Waals surface area contributed by atoms with Crippen LogP contribution >= 0.6 is 27.5 Å². The summed E-state index contributed by atoms with van der Waals surface area (Å²) in [5, 5.41) is 11.6. The van der Waals surface area contributed by atoms with Gasteiger partial charge in [-0.2, -0.15) is 0 Å². The average Bonchev–Trinajstić information content (AvgIpc) is 2.19. The molecule has 0 bridgehead atoms. The highest BCUT2D eigenvalue weighted by Gasteiger charge is 2.08. The summed E-state index contributed by atoms with van der Waals surface area (Å²) in [6, 6.07) is 6.24. The first-order valence-corrected chi connectivity index (χ1v) is 5.15. The van der Waals surface area contributed by atoms with Crippen LogP contribution in [0.3, 0.4) is 0 Å². The van der Waals surface area contributed by atoms with Gasteiger partial charge in [0.1, 0.15) is 5.15 Å². The van der Waals surface area contributed by atoms with Gasteiger partial charge in [0.15, 0.2) is 0 Å². The van der Waals surface area contributed by atoms with Crippen LogP contribution in [0.1, 0.15) is 0 Å². The van der Waals surface area contributed by atoms with Gasteiger partial charge in [-0.25, -0.2) is 4.98 Å². The Bertz CT molecular complexity index is 559. The number of halogens is 2. The molecule has 76 valence electrons. The number of non-ortho nitro benzene ring substituents is 1. The minimum absolute atomic E-state index is 0.00777. The van der Waals surface area contributed by atoms with Crippen molar-refractivity contribution >= 4 is 44.1 Å². The molecule has 0 fully saturated rings. The number of aromatic nitrogens is 1. The Hall–Kier alpha value is -1.20. The molecular weight excluding hydrogens is 283 g/mol. The average molecular weight is 288 g/mol. The zero-order valence-electron chi connectivity index (χ0n) is 7.28. The summed E-state index contributed by atoms with van der Waals surface area (Å²) in [6.07, 6.45) is 0. The van der Waals surface area contributed by atoms with Gasteiger partial charge < -0.3 is 0 Å². The van der Waals surface area contributed by atoms with Crippen molar-refractivity contribution in [3.8, 4) is 0 Å². The Balaban J connectivity index is 2.72. The molecule has 4 nitrogen and oxygen atoms in total. The van der Waals surface area contributed by atoms with E-state index in [0.717, 1.165) is 5.39 Å². The first-order chi connectivity index (χ1) is 7.08. The number of nitrogens with zero attached hydrogens (tertiary/aromatic N) is 2. The van der Waals surface area contributed by atoms with Gasteiger partial charge >= 0.3 is 0 Å². The molecule has 0 spiro atoms. The van der Waals surface area contributed by atoms with Crippen LogP contribution in [0.4, 0.5) is 5.69 Å². The lowest BCUT2D eigenvalue weighted by Gasteiger charge is -1.99. The van der Waals surface area contributed by atoms with E-state index in [1.165, 1.54) is 12.1 Å². The molecule has 2 rings (SSSR count). The molecule has 0 N–H and O–H groups in total. The second kappa shape index (κ2) is 3.75. The van der Waals surface area contributed by atoms with E-state index in [1.807, 2.05) is 0 Å². The third-order valence-electron chi connectivity index (χ3n) is 1.92. The summed E-state index contributed by atoms with van der Waals surface area (Å²) in [4.78, 5) is 14.1. The number of hydrogen-bond donors (Lipinski definition) is 0. The summed E-state index contributed by atoms with van der Waals surface area (Å²) >= 11 is 9.03. The van der Waals surface area contributed by atoms with Crippen molar-refractivity contribution in [2.45, 2.75) is 0 Å². The van der Waals surface area contributed by atoms with Crippen molar-refractivity contribution in [2.75, 3.05) is 0 Å². The number of pyridine rings is 1. The van der Waals surface area contributed by atoms with Crippen molar-refractivity contribution in [1.82, 2.24) is 4.98 Å². The lowest BCUT2D eigenvalue weighted by atomic mass is 10.2.